The predicted molar refractivity (Wildman–Crippen MR) is 106 cm³/mol. The Kier molecular flexibility index (Phi) is 3.37. The van der Waals surface area contributed by atoms with Crippen LogP contribution in [0.2, 0.25) is 0 Å². The van der Waals surface area contributed by atoms with E-state index in [9.17, 15) is 4.79 Å². The molecule has 130 valence electrons. The number of benzene rings is 2. The molecule has 0 aliphatic carbocycles. The Bertz CT molecular complexity index is 1100. The zero-order valence-electron chi connectivity index (χ0n) is 14.5. The molecule has 0 radical (unpaired) electrons. The number of rotatable bonds is 2. The van der Waals surface area contributed by atoms with Crippen molar-refractivity contribution in [2.75, 3.05) is 23.3 Å². The van der Waals surface area contributed by atoms with Gasteiger partial charge in [-0.05, 0) is 55.9 Å². The Balaban J connectivity index is 1.46. The van der Waals surface area contributed by atoms with Crippen LogP contribution in [0.25, 0.3) is 11.0 Å². The van der Waals surface area contributed by atoms with Gasteiger partial charge in [0.15, 0.2) is 10.9 Å². The van der Waals surface area contributed by atoms with Gasteiger partial charge in [-0.2, -0.15) is 0 Å². The minimum absolute atomic E-state index is 0.225. The third-order valence-electron chi connectivity index (χ3n) is 4.81. The molecule has 3 aromatic rings. The number of aliphatic imine (C=N–C) groups is 1. The summed E-state index contributed by atoms with van der Waals surface area (Å²) in [4.78, 5) is 20.6. The molecule has 6 heteroatoms. The molecule has 0 spiro atoms. The molecule has 2 aliphatic heterocycles. The second kappa shape index (κ2) is 5.64. The summed E-state index contributed by atoms with van der Waals surface area (Å²) in [5.41, 5.74) is 4.63. The number of amidine groups is 1. The third-order valence-corrected chi connectivity index (χ3v) is 5.91. The van der Waals surface area contributed by atoms with E-state index in [1.165, 1.54) is 4.90 Å². The lowest BCUT2D eigenvalue weighted by Crippen LogP contribution is -2.21. The van der Waals surface area contributed by atoms with E-state index in [0.29, 0.717) is 5.76 Å². The Morgan fingerprint density at radius 1 is 1.23 bits per heavy atom. The second-order valence-corrected chi connectivity index (χ2v) is 7.62. The van der Waals surface area contributed by atoms with Crippen molar-refractivity contribution in [1.82, 2.24) is 0 Å². The molecule has 1 aromatic heterocycles. The first-order valence-corrected chi connectivity index (χ1v) is 9.37. The van der Waals surface area contributed by atoms with Crippen LogP contribution in [0, 0.1) is 13.8 Å². The lowest BCUT2D eigenvalue weighted by Gasteiger charge is -2.13. The van der Waals surface area contributed by atoms with Crippen molar-refractivity contribution in [1.29, 1.82) is 0 Å². The van der Waals surface area contributed by atoms with Gasteiger partial charge in [-0.3, -0.25) is 9.79 Å². The number of furan rings is 1. The molecule has 26 heavy (non-hydrogen) atoms. The highest BCUT2D eigenvalue weighted by Crippen LogP contribution is 2.43. The SMILES string of the molecule is Cc1ccc2oc(C(=O)Nc3ccc4c(c3)N3CCN=C3S4)c(C)c2c1. The number of hydrogen-bond acceptors (Lipinski definition) is 5. The van der Waals surface area contributed by atoms with E-state index in [2.05, 4.69) is 15.2 Å². The Morgan fingerprint density at radius 2 is 2.12 bits per heavy atom. The topological polar surface area (TPSA) is 57.8 Å². The molecule has 2 aliphatic rings. The molecule has 5 rings (SSSR count). The highest BCUT2D eigenvalue weighted by molar-refractivity contribution is 8.14. The molecule has 0 fully saturated rings. The van der Waals surface area contributed by atoms with Crippen LogP contribution in [0.4, 0.5) is 11.4 Å². The first kappa shape index (κ1) is 15.5. The van der Waals surface area contributed by atoms with Crippen LogP contribution in [0.3, 0.4) is 0 Å². The summed E-state index contributed by atoms with van der Waals surface area (Å²) in [6, 6.07) is 11.9. The van der Waals surface area contributed by atoms with Gasteiger partial charge in [0.1, 0.15) is 5.58 Å². The van der Waals surface area contributed by atoms with Crippen molar-refractivity contribution in [2.24, 2.45) is 4.99 Å². The Labute approximate surface area is 155 Å². The smallest absolute Gasteiger partial charge is 0.291 e. The van der Waals surface area contributed by atoms with E-state index in [1.54, 1.807) is 11.8 Å². The number of nitrogens with zero attached hydrogens (tertiary/aromatic N) is 2. The quantitative estimate of drug-likeness (QED) is 0.724. The van der Waals surface area contributed by atoms with E-state index in [-0.39, 0.29) is 5.91 Å². The van der Waals surface area contributed by atoms with E-state index in [0.717, 1.165) is 51.7 Å². The summed E-state index contributed by atoms with van der Waals surface area (Å²) in [7, 11) is 0. The number of nitrogens with one attached hydrogen (secondary N) is 1. The highest BCUT2D eigenvalue weighted by Gasteiger charge is 2.30. The first-order valence-electron chi connectivity index (χ1n) is 8.55. The van der Waals surface area contributed by atoms with Gasteiger partial charge in [-0.25, -0.2) is 0 Å². The highest BCUT2D eigenvalue weighted by atomic mass is 32.2. The number of carbonyl (C=O) groups excluding carboxylic acids is 1. The maximum atomic E-state index is 12.8. The Morgan fingerprint density at radius 3 is 3.00 bits per heavy atom. The van der Waals surface area contributed by atoms with Gasteiger partial charge < -0.3 is 14.6 Å². The lowest BCUT2D eigenvalue weighted by molar-refractivity contribution is 0.0998. The molecular weight excluding hydrogens is 346 g/mol. The standard InChI is InChI=1S/C20H17N3O2S/c1-11-3-5-16-14(9-11)12(2)18(25-16)19(24)22-13-4-6-17-15(10-13)23-8-7-21-20(23)26-17/h3-6,9-10H,7-8H2,1-2H3,(H,22,24). The monoisotopic (exact) mass is 363 g/mol. The predicted octanol–water partition coefficient (Wildman–Crippen LogP) is 4.58. The first-order chi connectivity index (χ1) is 12.6. The summed E-state index contributed by atoms with van der Waals surface area (Å²) >= 11 is 1.68. The molecule has 1 amide bonds. The molecule has 1 N–H and O–H groups in total. The fraction of sp³-hybridized carbons (Fsp3) is 0.200. The third kappa shape index (κ3) is 2.33. The van der Waals surface area contributed by atoms with Gasteiger partial charge in [0.2, 0.25) is 0 Å². The lowest BCUT2D eigenvalue weighted by atomic mass is 10.1. The normalized spacial score (nSPS) is 15.2. The van der Waals surface area contributed by atoms with Crippen LogP contribution in [0.5, 0.6) is 0 Å². The molecule has 0 saturated heterocycles. The van der Waals surface area contributed by atoms with Gasteiger partial charge in [0.25, 0.3) is 5.91 Å². The summed E-state index contributed by atoms with van der Waals surface area (Å²) in [6.45, 7) is 5.68. The van der Waals surface area contributed by atoms with E-state index >= 15 is 0 Å². The number of thioether (sulfide) groups is 1. The van der Waals surface area contributed by atoms with Crippen LogP contribution in [-0.4, -0.2) is 24.2 Å². The fourth-order valence-electron chi connectivity index (χ4n) is 3.47. The minimum Gasteiger partial charge on any atom is -0.451 e. The number of fused-ring (bicyclic) bond motifs is 4. The summed E-state index contributed by atoms with van der Waals surface area (Å²) in [5.74, 6) is 0.140. The molecule has 0 saturated carbocycles. The van der Waals surface area contributed by atoms with Gasteiger partial charge in [0, 0.05) is 28.1 Å². The summed E-state index contributed by atoms with van der Waals surface area (Å²) in [5, 5.41) is 5.01. The van der Waals surface area contributed by atoms with Crippen LogP contribution < -0.4 is 10.2 Å². The molecule has 2 aromatic carbocycles. The summed E-state index contributed by atoms with van der Waals surface area (Å²) in [6.07, 6.45) is 0. The Hall–Kier alpha value is -2.73. The van der Waals surface area contributed by atoms with Gasteiger partial charge >= 0.3 is 0 Å². The van der Waals surface area contributed by atoms with Crippen molar-refractivity contribution >= 4 is 45.2 Å². The van der Waals surface area contributed by atoms with E-state index in [4.69, 9.17) is 4.42 Å². The van der Waals surface area contributed by atoms with E-state index < -0.39 is 0 Å². The number of amides is 1. The molecule has 3 heterocycles. The van der Waals surface area contributed by atoms with Crippen molar-refractivity contribution in [3.63, 3.8) is 0 Å². The van der Waals surface area contributed by atoms with Crippen molar-refractivity contribution < 1.29 is 9.21 Å². The van der Waals surface area contributed by atoms with E-state index in [1.807, 2.05) is 50.2 Å². The number of hydrogen-bond donors (Lipinski definition) is 1. The number of anilines is 2. The van der Waals surface area contributed by atoms with Crippen LogP contribution in [-0.2, 0) is 0 Å². The zero-order valence-corrected chi connectivity index (χ0v) is 15.3. The second-order valence-electron chi connectivity index (χ2n) is 6.61. The van der Waals surface area contributed by atoms with Crippen LogP contribution in [0.15, 0.2) is 50.7 Å². The summed E-state index contributed by atoms with van der Waals surface area (Å²) < 4.78 is 5.80. The molecular formula is C20H17N3O2S. The number of aryl methyl sites for hydroxylation is 2. The maximum Gasteiger partial charge on any atom is 0.291 e. The molecule has 0 bridgehead atoms. The number of carbonyl (C=O) groups is 1. The molecule has 5 nitrogen and oxygen atoms in total. The van der Waals surface area contributed by atoms with Crippen LogP contribution >= 0.6 is 11.8 Å². The molecule has 0 unspecified atom stereocenters. The van der Waals surface area contributed by atoms with Gasteiger partial charge in [-0.15, -0.1) is 0 Å². The van der Waals surface area contributed by atoms with Gasteiger partial charge in [0.05, 0.1) is 12.2 Å². The molecule has 0 atom stereocenters. The zero-order chi connectivity index (χ0) is 17.8. The maximum absolute atomic E-state index is 12.8. The van der Waals surface area contributed by atoms with Crippen molar-refractivity contribution in [3.8, 4) is 0 Å². The van der Waals surface area contributed by atoms with Crippen LogP contribution in [0.1, 0.15) is 21.7 Å². The average molecular weight is 363 g/mol. The van der Waals surface area contributed by atoms with Crippen molar-refractivity contribution in [3.05, 3.63) is 53.3 Å². The van der Waals surface area contributed by atoms with Crippen molar-refractivity contribution in [2.45, 2.75) is 18.7 Å². The minimum atomic E-state index is -0.225. The largest absolute Gasteiger partial charge is 0.451 e. The fourth-order valence-corrected chi connectivity index (χ4v) is 4.53. The average Bonchev–Trinajstić information content (AvgIpc) is 3.29. The van der Waals surface area contributed by atoms with Gasteiger partial charge in [-0.1, -0.05) is 11.6 Å².